The van der Waals surface area contributed by atoms with Crippen LogP contribution in [0, 0.1) is 0 Å². The third-order valence-corrected chi connectivity index (χ3v) is 4.23. The number of ether oxygens (including phenoxy) is 1. The molecular formula is C14H22N2O4S. The van der Waals surface area contributed by atoms with Crippen LogP contribution in [0.3, 0.4) is 0 Å². The Bertz CT molecular complexity index is 570. The third kappa shape index (κ3) is 5.73. The Kier molecular flexibility index (Phi) is 6.64. The topological polar surface area (TPSA) is 84.5 Å². The van der Waals surface area contributed by atoms with Crippen molar-refractivity contribution >= 4 is 21.7 Å². The molecule has 0 aliphatic heterocycles. The highest BCUT2D eigenvalue weighted by atomic mass is 32.2. The third-order valence-electron chi connectivity index (χ3n) is 2.52. The molecule has 21 heavy (non-hydrogen) atoms. The van der Waals surface area contributed by atoms with Gasteiger partial charge in [-0.05, 0) is 32.9 Å². The number of hydrogen-bond donors (Lipinski definition) is 2. The average Bonchev–Trinajstić information content (AvgIpc) is 2.38. The smallest absolute Gasteiger partial charge is 0.307 e. The van der Waals surface area contributed by atoms with Gasteiger partial charge in [0.15, 0.2) is 0 Å². The molecule has 0 aliphatic carbocycles. The number of esters is 1. The molecule has 1 aromatic rings. The first-order chi connectivity index (χ1) is 9.86. The van der Waals surface area contributed by atoms with Crippen molar-refractivity contribution in [3.05, 3.63) is 24.3 Å². The lowest BCUT2D eigenvalue weighted by atomic mass is 10.3. The van der Waals surface area contributed by atoms with Gasteiger partial charge in [-0.2, -0.15) is 0 Å². The fourth-order valence-electron chi connectivity index (χ4n) is 1.75. The summed E-state index contributed by atoms with van der Waals surface area (Å²) in [7, 11) is -3.58. The Labute approximate surface area is 125 Å². The van der Waals surface area contributed by atoms with Gasteiger partial charge in [-0.15, -0.1) is 0 Å². The molecule has 0 spiro atoms. The van der Waals surface area contributed by atoms with Gasteiger partial charge in [0.05, 0.1) is 18.7 Å². The molecule has 0 amide bonds. The van der Waals surface area contributed by atoms with Crippen LogP contribution >= 0.6 is 0 Å². The number of carbonyl (C=O) groups is 1. The predicted octanol–water partition coefficient (Wildman–Crippen LogP) is 1.74. The molecule has 2 N–H and O–H groups in total. The molecule has 0 unspecified atom stereocenters. The maximum Gasteiger partial charge on any atom is 0.307 e. The van der Waals surface area contributed by atoms with Crippen LogP contribution in [0.5, 0.6) is 0 Å². The number of carbonyl (C=O) groups excluding carboxylic acids is 1. The summed E-state index contributed by atoms with van der Waals surface area (Å²) in [6.07, 6.45) is 0.180. The molecule has 0 aliphatic rings. The molecular weight excluding hydrogens is 292 g/mol. The summed E-state index contributed by atoms with van der Waals surface area (Å²) in [5.74, 6) is -0.314. The summed E-state index contributed by atoms with van der Waals surface area (Å²) in [5.41, 5.74) is 0.468. The maximum absolute atomic E-state index is 12.2. The minimum absolute atomic E-state index is 0.169. The van der Waals surface area contributed by atoms with Crippen molar-refractivity contribution in [2.24, 2.45) is 0 Å². The minimum Gasteiger partial charge on any atom is -0.466 e. The van der Waals surface area contributed by atoms with E-state index in [1.807, 2.05) is 0 Å². The van der Waals surface area contributed by atoms with E-state index in [2.05, 4.69) is 10.0 Å². The van der Waals surface area contributed by atoms with Gasteiger partial charge in [0.2, 0.25) is 10.0 Å². The zero-order chi connectivity index (χ0) is 15.9. The van der Waals surface area contributed by atoms with Crippen molar-refractivity contribution in [1.29, 1.82) is 0 Å². The Morgan fingerprint density at radius 1 is 1.29 bits per heavy atom. The first-order valence-corrected chi connectivity index (χ1v) is 8.36. The van der Waals surface area contributed by atoms with Crippen LogP contribution < -0.4 is 10.0 Å². The molecule has 0 saturated carbocycles. The number of nitrogens with one attached hydrogen (secondary N) is 2. The SMILES string of the molecule is CCOC(=O)CCNc1ccccc1S(=O)(=O)NC(C)C. The molecule has 1 aromatic carbocycles. The Morgan fingerprint density at radius 2 is 1.95 bits per heavy atom. The van der Waals surface area contributed by atoms with Crippen molar-refractivity contribution in [3.8, 4) is 0 Å². The molecule has 118 valence electrons. The molecule has 0 atom stereocenters. The maximum atomic E-state index is 12.2. The largest absolute Gasteiger partial charge is 0.466 e. The Balaban J connectivity index is 2.78. The molecule has 0 fully saturated rings. The number of hydrogen-bond acceptors (Lipinski definition) is 5. The van der Waals surface area contributed by atoms with Gasteiger partial charge in [-0.1, -0.05) is 12.1 Å². The Morgan fingerprint density at radius 3 is 2.57 bits per heavy atom. The van der Waals surface area contributed by atoms with E-state index in [4.69, 9.17) is 4.74 Å². The zero-order valence-electron chi connectivity index (χ0n) is 12.5. The van der Waals surface area contributed by atoms with Crippen molar-refractivity contribution in [2.75, 3.05) is 18.5 Å². The van der Waals surface area contributed by atoms with Crippen molar-refractivity contribution in [2.45, 2.75) is 38.1 Å². The van der Waals surface area contributed by atoms with Crippen LogP contribution in [0.15, 0.2) is 29.2 Å². The molecule has 0 bridgehead atoms. The molecule has 0 heterocycles. The first-order valence-electron chi connectivity index (χ1n) is 6.87. The summed E-state index contributed by atoms with van der Waals surface area (Å²) in [4.78, 5) is 11.4. The highest BCUT2D eigenvalue weighted by molar-refractivity contribution is 7.89. The van der Waals surface area contributed by atoms with Gasteiger partial charge in [0.1, 0.15) is 4.90 Å². The van der Waals surface area contributed by atoms with Crippen molar-refractivity contribution in [1.82, 2.24) is 4.72 Å². The quantitative estimate of drug-likeness (QED) is 0.714. The standard InChI is InChI=1S/C14H22N2O4S/c1-4-20-14(17)9-10-15-12-7-5-6-8-13(12)21(18,19)16-11(2)3/h5-8,11,15-16H,4,9-10H2,1-3H3. The summed E-state index contributed by atoms with van der Waals surface area (Å²) < 4.78 is 31.8. The van der Waals surface area contributed by atoms with E-state index in [9.17, 15) is 13.2 Å². The van der Waals surface area contributed by atoms with Crippen LogP contribution in [0.4, 0.5) is 5.69 Å². The van der Waals surface area contributed by atoms with Crippen molar-refractivity contribution in [3.63, 3.8) is 0 Å². The van der Waals surface area contributed by atoms with Gasteiger partial charge in [-0.3, -0.25) is 4.79 Å². The van der Waals surface area contributed by atoms with Gasteiger partial charge >= 0.3 is 5.97 Å². The lowest BCUT2D eigenvalue weighted by Crippen LogP contribution is -2.30. The molecule has 1 rings (SSSR count). The fraction of sp³-hybridized carbons (Fsp3) is 0.500. The number of sulfonamides is 1. The van der Waals surface area contributed by atoms with Crippen LogP contribution in [-0.4, -0.2) is 33.6 Å². The monoisotopic (exact) mass is 314 g/mol. The second kappa shape index (κ2) is 7.99. The Hall–Kier alpha value is -1.60. The van der Waals surface area contributed by atoms with Crippen LogP contribution in [0.1, 0.15) is 27.2 Å². The van der Waals surface area contributed by atoms with E-state index in [-0.39, 0.29) is 23.3 Å². The summed E-state index contributed by atoms with van der Waals surface area (Å²) >= 11 is 0. The van der Waals surface area contributed by atoms with Gasteiger partial charge in [0, 0.05) is 12.6 Å². The summed E-state index contributed by atoms with van der Waals surface area (Å²) in [5, 5.41) is 2.96. The predicted molar refractivity (Wildman–Crippen MR) is 81.6 cm³/mol. The van der Waals surface area contributed by atoms with E-state index in [0.29, 0.717) is 18.8 Å². The minimum atomic E-state index is -3.58. The second-order valence-electron chi connectivity index (χ2n) is 4.75. The van der Waals surface area contributed by atoms with Crippen LogP contribution in [-0.2, 0) is 19.6 Å². The molecule has 6 nitrogen and oxygen atoms in total. The van der Waals surface area contributed by atoms with E-state index < -0.39 is 10.0 Å². The number of para-hydroxylation sites is 1. The molecule has 0 aromatic heterocycles. The first kappa shape index (κ1) is 17.5. The number of anilines is 1. The number of rotatable bonds is 8. The normalized spacial score (nSPS) is 11.4. The highest BCUT2D eigenvalue weighted by Crippen LogP contribution is 2.20. The zero-order valence-corrected chi connectivity index (χ0v) is 13.4. The average molecular weight is 314 g/mol. The van der Waals surface area contributed by atoms with E-state index in [1.165, 1.54) is 6.07 Å². The lowest BCUT2D eigenvalue weighted by molar-refractivity contribution is -0.142. The van der Waals surface area contributed by atoms with Crippen molar-refractivity contribution < 1.29 is 17.9 Å². The summed E-state index contributed by atoms with van der Waals surface area (Å²) in [6, 6.07) is 6.40. The molecule has 0 saturated heterocycles. The fourth-order valence-corrected chi connectivity index (χ4v) is 3.19. The molecule has 0 radical (unpaired) electrons. The summed E-state index contributed by atoms with van der Waals surface area (Å²) in [6.45, 7) is 5.91. The lowest BCUT2D eigenvalue weighted by Gasteiger charge is -2.14. The van der Waals surface area contributed by atoms with Gasteiger partial charge < -0.3 is 10.1 Å². The van der Waals surface area contributed by atoms with Crippen LogP contribution in [0.25, 0.3) is 0 Å². The number of benzene rings is 1. The van der Waals surface area contributed by atoms with Gasteiger partial charge in [0.25, 0.3) is 0 Å². The van der Waals surface area contributed by atoms with E-state index >= 15 is 0 Å². The van der Waals surface area contributed by atoms with E-state index in [0.717, 1.165) is 0 Å². The van der Waals surface area contributed by atoms with E-state index in [1.54, 1.807) is 39.0 Å². The highest BCUT2D eigenvalue weighted by Gasteiger charge is 2.19. The van der Waals surface area contributed by atoms with Crippen LogP contribution in [0.2, 0.25) is 0 Å². The molecule has 7 heteroatoms. The second-order valence-corrected chi connectivity index (χ2v) is 6.44. The van der Waals surface area contributed by atoms with Gasteiger partial charge in [-0.25, -0.2) is 13.1 Å².